The fourth-order valence-electron chi connectivity index (χ4n) is 4.76. The number of halogens is 2. The molecule has 1 saturated heterocycles. The third-order valence-electron chi connectivity index (χ3n) is 6.52. The molecule has 1 aromatic heterocycles. The normalized spacial score (nSPS) is 14.9. The van der Waals surface area contributed by atoms with Gasteiger partial charge < -0.3 is 20.2 Å². The summed E-state index contributed by atoms with van der Waals surface area (Å²) in [5.41, 5.74) is 1.97. The van der Waals surface area contributed by atoms with Crippen molar-refractivity contribution in [1.29, 1.82) is 5.41 Å². The number of aliphatic carboxylic acids is 1. The first-order valence-corrected chi connectivity index (χ1v) is 12.6. The van der Waals surface area contributed by atoms with Crippen LogP contribution < -0.4 is 16.0 Å². The molecule has 5 N–H and O–H groups in total. The molecule has 10 heteroatoms. The Morgan fingerprint density at radius 3 is 2.75 bits per heavy atom. The second-order valence-electron chi connectivity index (χ2n) is 8.94. The maximum atomic E-state index is 14.8. The number of hydrogen-bond acceptors (Lipinski definition) is 5. The molecule has 0 saturated carbocycles. The first kappa shape index (κ1) is 25.8. The van der Waals surface area contributed by atoms with E-state index in [9.17, 15) is 19.1 Å². The van der Waals surface area contributed by atoms with E-state index < -0.39 is 23.7 Å². The molecular formula is C26H28BrFN4O4. The van der Waals surface area contributed by atoms with Crippen LogP contribution >= 0.6 is 15.9 Å². The predicted octanol–water partition coefficient (Wildman–Crippen LogP) is 4.22. The van der Waals surface area contributed by atoms with E-state index in [0.29, 0.717) is 12.0 Å². The lowest BCUT2D eigenvalue weighted by molar-refractivity contribution is -0.137. The minimum absolute atomic E-state index is 0.0629. The van der Waals surface area contributed by atoms with Crippen LogP contribution in [0.1, 0.15) is 40.7 Å². The number of hydrogen-bond donors (Lipinski definition) is 5. The summed E-state index contributed by atoms with van der Waals surface area (Å²) in [5.74, 6) is -2.35. The van der Waals surface area contributed by atoms with Crippen molar-refractivity contribution in [2.24, 2.45) is 5.92 Å². The van der Waals surface area contributed by atoms with Gasteiger partial charge in [-0.2, -0.15) is 0 Å². The van der Waals surface area contributed by atoms with Gasteiger partial charge in [-0.3, -0.25) is 20.3 Å². The molecule has 4 rings (SSSR count). The van der Waals surface area contributed by atoms with E-state index in [4.69, 9.17) is 9.83 Å². The first-order valence-electron chi connectivity index (χ1n) is 11.8. The summed E-state index contributed by atoms with van der Waals surface area (Å²) in [6.07, 6.45) is 3.68. The van der Waals surface area contributed by atoms with Gasteiger partial charge in [-0.05, 0) is 80.6 Å². The van der Waals surface area contributed by atoms with E-state index in [2.05, 4.69) is 31.9 Å². The van der Waals surface area contributed by atoms with Crippen LogP contribution in [0.15, 0.2) is 51.6 Å². The number of furan rings is 1. The number of benzene rings is 2. The highest BCUT2D eigenvalue weighted by atomic mass is 79.9. The standard InChI is InChI=1S/C26H28BrFN4O4/c27-18-12-16(24-17(13-18)8-11-36-24)4-5-19-20(2-1-3-21(19)28)25(35)32-26(29)31-22(14-23(33)34)15-6-9-30-10-7-15/h1-3,8,11-13,15,22,30H,4-7,9-10,14H2,(H,33,34)(H3,29,31,32,35). The van der Waals surface area contributed by atoms with Gasteiger partial charge in [0.15, 0.2) is 5.96 Å². The van der Waals surface area contributed by atoms with Gasteiger partial charge in [0.1, 0.15) is 11.4 Å². The van der Waals surface area contributed by atoms with Crippen LogP contribution in [0, 0.1) is 17.1 Å². The molecule has 1 atom stereocenters. The highest BCUT2D eigenvalue weighted by Gasteiger charge is 2.27. The monoisotopic (exact) mass is 558 g/mol. The third-order valence-corrected chi connectivity index (χ3v) is 6.97. The van der Waals surface area contributed by atoms with Gasteiger partial charge in [-0.1, -0.05) is 22.0 Å². The van der Waals surface area contributed by atoms with Crippen molar-refractivity contribution in [2.45, 2.75) is 38.1 Å². The topological polar surface area (TPSA) is 127 Å². The van der Waals surface area contributed by atoms with Crippen molar-refractivity contribution in [3.63, 3.8) is 0 Å². The Hall–Kier alpha value is -3.24. The molecule has 8 nitrogen and oxygen atoms in total. The van der Waals surface area contributed by atoms with E-state index in [1.54, 1.807) is 6.26 Å². The van der Waals surface area contributed by atoms with Crippen molar-refractivity contribution in [3.05, 3.63) is 69.6 Å². The Morgan fingerprint density at radius 2 is 2.00 bits per heavy atom. The Morgan fingerprint density at radius 1 is 1.22 bits per heavy atom. The molecule has 0 aliphatic carbocycles. The summed E-state index contributed by atoms with van der Waals surface area (Å²) < 4.78 is 21.3. The lowest BCUT2D eigenvalue weighted by Crippen LogP contribution is -2.50. The van der Waals surface area contributed by atoms with Gasteiger partial charge in [0.25, 0.3) is 5.91 Å². The Balaban J connectivity index is 1.46. The van der Waals surface area contributed by atoms with Gasteiger partial charge in [0.2, 0.25) is 0 Å². The highest BCUT2D eigenvalue weighted by molar-refractivity contribution is 9.10. The number of piperidine rings is 1. The number of carbonyl (C=O) groups is 2. The average molecular weight is 559 g/mol. The van der Waals surface area contributed by atoms with E-state index in [1.807, 2.05) is 18.2 Å². The Labute approximate surface area is 216 Å². The summed E-state index contributed by atoms with van der Waals surface area (Å²) in [7, 11) is 0. The van der Waals surface area contributed by atoms with Gasteiger partial charge in [-0.25, -0.2) is 4.39 Å². The number of aryl methyl sites for hydroxylation is 1. The van der Waals surface area contributed by atoms with Crippen LogP contribution in [0.25, 0.3) is 11.0 Å². The highest BCUT2D eigenvalue weighted by Crippen LogP contribution is 2.27. The van der Waals surface area contributed by atoms with Crippen LogP contribution in [-0.4, -0.2) is 42.1 Å². The van der Waals surface area contributed by atoms with E-state index in [-0.39, 0.29) is 35.8 Å². The van der Waals surface area contributed by atoms with Gasteiger partial charge in [0.05, 0.1) is 12.7 Å². The molecule has 36 heavy (non-hydrogen) atoms. The average Bonchev–Trinajstić information content (AvgIpc) is 3.31. The summed E-state index contributed by atoms with van der Waals surface area (Å²) in [6, 6.07) is 9.49. The van der Waals surface area contributed by atoms with Crippen LogP contribution in [0.5, 0.6) is 0 Å². The molecular weight excluding hydrogens is 531 g/mol. The first-order chi connectivity index (χ1) is 17.3. The number of guanidine groups is 1. The van der Waals surface area contributed by atoms with Gasteiger partial charge in [0, 0.05) is 27.0 Å². The van der Waals surface area contributed by atoms with Crippen molar-refractivity contribution in [3.8, 4) is 0 Å². The van der Waals surface area contributed by atoms with E-state index >= 15 is 0 Å². The molecule has 1 fully saturated rings. The molecule has 3 aromatic rings. The third kappa shape index (κ3) is 6.30. The molecule has 0 spiro atoms. The number of nitrogens with one attached hydrogen (secondary N) is 4. The number of amides is 1. The predicted molar refractivity (Wildman–Crippen MR) is 138 cm³/mol. The minimum Gasteiger partial charge on any atom is -0.481 e. The molecule has 1 aliphatic rings. The summed E-state index contributed by atoms with van der Waals surface area (Å²) in [6.45, 7) is 1.55. The molecule has 2 heterocycles. The molecule has 0 bridgehead atoms. The van der Waals surface area contributed by atoms with Crippen molar-refractivity contribution in [1.82, 2.24) is 16.0 Å². The van der Waals surface area contributed by atoms with Crippen molar-refractivity contribution in [2.75, 3.05) is 13.1 Å². The van der Waals surface area contributed by atoms with Gasteiger partial charge in [-0.15, -0.1) is 0 Å². The smallest absolute Gasteiger partial charge is 0.305 e. The minimum atomic E-state index is -0.976. The second-order valence-corrected chi connectivity index (χ2v) is 9.85. The fourth-order valence-corrected chi connectivity index (χ4v) is 5.28. The lowest BCUT2D eigenvalue weighted by Gasteiger charge is -2.31. The number of fused-ring (bicyclic) bond motifs is 1. The zero-order valence-corrected chi connectivity index (χ0v) is 21.2. The largest absolute Gasteiger partial charge is 0.481 e. The zero-order valence-electron chi connectivity index (χ0n) is 19.6. The molecule has 190 valence electrons. The van der Waals surface area contributed by atoms with Crippen LogP contribution in [0.4, 0.5) is 4.39 Å². The fraction of sp³-hybridized carbons (Fsp3) is 0.346. The number of carboxylic acid groups (broad SMARTS) is 1. The second kappa shape index (κ2) is 11.7. The summed E-state index contributed by atoms with van der Waals surface area (Å²) in [5, 5.41) is 27.1. The molecule has 0 radical (unpaired) electrons. The maximum Gasteiger partial charge on any atom is 0.305 e. The zero-order chi connectivity index (χ0) is 25.7. The van der Waals surface area contributed by atoms with E-state index in [1.165, 1.54) is 18.2 Å². The van der Waals surface area contributed by atoms with E-state index in [0.717, 1.165) is 41.4 Å². The van der Waals surface area contributed by atoms with Crippen LogP contribution in [0.2, 0.25) is 0 Å². The van der Waals surface area contributed by atoms with Gasteiger partial charge >= 0.3 is 5.97 Å². The van der Waals surface area contributed by atoms with Crippen molar-refractivity contribution < 1.29 is 23.5 Å². The molecule has 1 amide bonds. The number of carbonyl (C=O) groups excluding carboxylic acids is 1. The van der Waals surface area contributed by atoms with Crippen LogP contribution in [-0.2, 0) is 17.6 Å². The number of carboxylic acids is 1. The number of rotatable bonds is 8. The maximum absolute atomic E-state index is 14.8. The van der Waals surface area contributed by atoms with Crippen LogP contribution in [0.3, 0.4) is 0 Å². The SMILES string of the molecule is N=C(NC(=O)c1cccc(F)c1CCc1cc(Br)cc2ccoc12)NC(CC(=O)O)C1CCNCC1. The quantitative estimate of drug-likeness (QED) is 0.208. The molecule has 1 unspecified atom stereocenters. The Bertz CT molecular complexity index is 1270. The lowest BCUT2D eigenvalue weighted by atomic mass is 9.88. The molecule has 2 aromatic carbocycles. The summed E-state index contributed by atoms with van der Waals surface area (Å²) in [4.78, 5) is 24.4. The molecule has 1 aliphatic heterocycles. The van der Waals surface area contributed by atoms with Crippen molar-refractivity contribution >= 4 is 44.7 Å². The Kier molecular flexibility index (Phi) is 8.37. The summed E-state index contributed by atoms with van der Waals surface area (Å²) >= 11 is 3.49.